The maximum atomic E-state index is 12.2. The highest BCUT2D eigenvalue weighted by Crippen LogP contribution is 2.20. The van der Waals surface area contributed by atoms with E-state index >= 15 is 0 Å². The Bertz CT molecular complexity index is 355. The molecule has 0 aromatic carbocycles. The standard InChI is InChI=1S/C8H8F2N2O2/c9-8(10)6-1-4(2-7(13)14)5(11)3-12-6/h1,3,8H,2,11H2,(H,13,14). The number of anilines is 1. The molecular weight excluding hydrogens is 194 g/mol. The minimum Gasteiger partial charge on any atom is -0.481 e. The maximum absolute atomic E-state index is 12.2. The minimum atomic E-state index is -2.72. The average Bonchev–Trinajstić information content (AvgIpc) is 2.07. The maximum Gasteiger partial charge on any atom is 0.307 e. The van der Waals surface area contributed by atoms with Gasteiger partial charge in [-0.3, -0.25) is 9.78 Å². The van der Waals surface area contributed by atoms with Crippen molar-refractivity contribution >= 4 is 11.7 Å². The number of nitrogens with two attached hydrogens (primary N) is 1. The number of halogens is 2. The molecule has 76 valence electrons. The zero-order chi connectivity index (χ0) is 10.7. The first-order valence-corrected chi connectivity index (χ1v) is 3.75. The van der Waals surface area contributed by atoms with Crippen molar-refractivity contribution in [2.75, 3.05) is 5.73 Å². The lowest BCUT2D eigenvalue weighted by molar-refractivity contribution is -0.136. The topological polar surface area (TPSA) is 76.2 Å². The van der Waals surface area contributed by atoms with Crippen LogP contribution in [0.15, 0.2) is 12.3 Å². The second-order valence-electron chi connectivity index (χ2n) is 2.68. The number of hydrogen-bond donors (Lipinski definition) is 2. The summed E-state index contributed by atoms with van der Waals surface area (Å²) in [4.78, 5) is 13.7. The van der Waals surface area contributed by atoms with Crippen LogP contribution in [-0.2, 0) is 11.2 Å². The first-order chi connectivity index (χ1) is 6.50. The van der Waals surface area contributed by atoms with Gasteiger partial charge in [0.05, 0.1) is 18.3 Å². The van der Waals surface area contributed by atoms with Gasteiger partial charge in [-0.1, -0.05) is 0 Å². The third kappa shape index (κ3) is 2.38. The highest BCUT2D eigenvalue weighted by molar-refractivity contribution is 5.72. The first kappa shape index (κ1) is 10.4. The summed E-state index contributed by atoms with van der Waals surface area (Å²) in [5.74, 6) is -1.12. The van der Waals surface area contributed by atoms with Gasteiger partial charge < -0.3 is 10.8 Å². The minimum absolute atomic E-state index is 0.108. The SMILES string of the molecule is Nc1cnc(C(F)F)cc1CC(=O)O. The van der Waals surface area contributed by atoms with E-state index in [0.717, 1.165) is 12.3 Å². The predicted molar refractivity (Wildman–Crippen MR) is 44.9 cm³/mol. The van der Waals surface area contributed by atoms with Gasteiger partial charge in [0.1, 0.15) is 5.69 Å². The van der Waals surface area contributed by atoms with Gasteiger partial charge >= 0.3 is 5.97 Å². The molecule has 0 fully saturated rings. The first-order valence-electron chi connectivity index (χ1n) is 3.75. The van der Waals surface area contributed by atoms with E-state index in [-0.39, 0.29) is 17.7 Å². The van der Waals surface area contributed by atoms with Crippen molar-refractivity contribution in [1.29, 1.82) is 0 Å². The molecule has 6 heteroatoms. The van der Waals surface area contributed by atoms with E-state index < -0.39 is 18.1 Å². The van der Waals surface area contributed by atoms with Crippen molar-refractivity contribution in [3.8, 4) is 0 Å². The van der Waals surface area contributed by atoms with E-state index in [1.165, 1.54) is 0 Å². The number of carboxylic acid groups (broad SMARTS) is 1. The molecular formula is C8H8F2N2O2. The molecule has 1 rings (SSSR count). The molecule has 1 heterocycles. The molecule has 0 bridgehead atoms. The molecule has 0 aliphatic heterocycles. The molecule has 0 aliphatic rings. The molecule has 3 N–H and O–H groups in total. The van der Waals surface area contributed by atoms with Crippen molar-refractivity contribution in [1.82, 2.24) is 4.98 Å². The van der Waals surface area contributed by atoms with E-state index in [0.29, 0.717) is 0 Å². The van der Waals surface area contributed by atoms with E-state index in [1.54, 1.807) is 0 Å². The van der Waals surface area contributed by atoms with E-state index in [2.05, 4.69) is 4.98 Å². The zero-order valence-corrected chi connectivity index (χ0v) is 7.08. The largest absolute Gasteiger partial charge is 0.481 e. The van der Waals surface area contributed by atoms with Crippen LogP contribution in [0.1, 0.15) is 17.7 Å². The van der Waals surface area contributed by atoms with Crippen LogP contribution in [0.4, 0.5) is 14.5 Å². The second kappa shape index (κ2) is 3.99. The molecule has 4 nitrogen and oxygen atoms in total. The summed E-state index contributed by atoms with van der Waals surface area (Å²) in [6.45, 7) is 0. The summed E-state index contributed by atoms with van der Waals surface area (Å²) in [7, 11) is 0. The van der Waals surface area contributed by atoms with Crippen LogP contribution in [0.2, 0.25) is 0 Å². The Kier molecular flexibility index (Phi) is 2.95. The van der Waals surface area contributed by atoms with Crippen LogP contribution in [0.3, 0.4) is 0 Å². The second-order valence-corrected chi connectivity index (χ2v) is 2.68. The fraction of sp³-hybridized carbons (Fsp3) is 0.250. The van der Waals surface area contributed by atoms with Gasteiger partial charge in [-0.2, -0.15) is 0 Å². The zero-order valence-electron chi connectivity index (χ0n) is 7.08. The Morgan fingerprint density at radius 3 is 2.79 bits per heavy atom. The van der Waals surface area contributed by atoms with Gasteiger partial charge in [-0.25, -0.2) is 8.78 Å². The third-order valence-electron chi connectivity index (χ3n) is 1.61. The quantitative estimate of drug-likeness (QED) is 0.772. The third-order valence-corrected chi connectivity index (χ3v) is 1.61. The van der Waals surface area contributed by atoms with E-state index in [4.69, 9.17) is 10.8 Å². The number of hydrogen-bond acceptors (Lipinski definition) is 3. The number of alkyl halides is 2. The van der Waals surface area contributed by atoms with Gasteiger partial charge in [0.15, 0.2) is 0 Å². The molecule has 0 amide bonds. The molecule has 0 spiro atoms. The lowest BCUT2D eigenvalue weighted by atomic mass is 10.1. The van der Waals surface area contributed by atoms with Crippen LogP contribution >= 0.6 is 0 Å². The molecule has 0 unspecified atom stereocenters. The Hall–Kier alpha value is -1.72. The number of rotatable bonds is 3. The van der Waals surface area contributed by atoms with Crippen LogP contribution in [-0.4, -0.2) is 16.1 Å². The molecule has 0 aliphatic carbocycles. The number of pyridine rings is 1. The highest BCUT2D eigenvalue weighted by Gasteiger charge is 2.12. The van der Waals surface area contributed by atoms with Crippen molar-refractivity contribution in [2.45, 2.75) is 12.8 Å². The van der Waals surface area contributed by atoms with Crippen LogP contribution in [0.25, 0.3) is 0 Å². The van der Waals surface area contributed by atoms with Crippen LogP contribution < -0.4 is 5.73 Å². The molecule has 0 radical (unpaired) electrons. The Morgan fingerprint density at radius 2 is 2.29 bits per heavy atom. The molecule has 14 heavy (non-hydrogen) atoms. The summed E-state index contributed by atoms with van der Waals surface area (Å²) in [5, 5.41) is 8.46. The van der Waals surface area contributed by atoms with Gasteiger partial charge in [0.2, 0.25) is 0 Å². The van der Waals surface area contributed by atoms with Crippen molar-refractivity contribution < 1.29 is 18.7 Å². The molecule has 0 saturated heterocycles. The van der Waals surface area contributed by atoms with Crippen molar-refractivity contribution in [3.05, 3.63) is 23.5 Å². The summed E-state index contributed by atoms with van der Waals surface area (Å²) in [6, 6.07) is 1.01. The van der Waals surface area contributed by atoms with Crippen molar-refractivity contribution in [3.63, 3.8) is 0 Å². The smallest absolute Gasteiger partial charge is 0.307 e. The molecule has 1 aromatic rings. The van der Waals surface area contributed by atoms with E-state index in [9.17, 15) is 13.6 Å². The summed E-state index contributed by atoms with van der Waals surface area (Å²) >= 11 is 0. The Balaban J connectivity index is 3.02. The number of nitrogens with zero attached hydrogens (tertiary/aromatic N) is 1. The van der Waals surface area contributed by atoms with Gasteiger partial charge in [0, 0.05) is 0 Å². The summed E-state index contributed by atoms with van der Waals surface area (Å²) in [5.41, 5.74) is 5.17. The Morgan fingerprint density at radius 1 is 1.64 bits per heavy atom. The van der Waals surface area contributed by atoms with Gasteiger partial charge in [0.25, 0.3) is 6.43 Å². The molecule has 0 atom stereocenters. The fourth-order valence-electron chi connectivity index (χ4n) is 0.961. The van der Waals surface area contributed by atoms with Crippen molar-refractivity contribution in [2.24, 2.45) is 0 Å². The lowest BCUT2D eigenvalue weighted by Crippen LogP contribution is -2.05. The van der Waals surface area contributed by atoms with Crippen LogP contribution in [0, 0.1) is 0 Å². The normalized spacial score (nSPS) is 10.5. The lowest BCUT2D eigenvalue weighted by Gasteiger charge is -2.04. The van der Waals surface area contributed by atoms with E-state index in [1.807, 2.05) is 0 Å². The summed E-state index contributed by atoms with van der Waals surface area (Å²) < 4.78 is 24.3. The fourth-order valence-corrected chi connectivity index (χ4v) is 0.961. The molecule has 0 saturated carbocycles. The number of carboxylic acids is 1. The van der Waals surface area contributed by atoms with Gasteiger partial charge in [-0.05, 0) is 11.6 Å². The summed E-state index contributed by atoms with van der Waals surface area (Å²) in [6.07, 6.45) is -2.06. The molecule has 1 aromatic heterocycles. The number of aromatic nitrogens is 1. The Labute approximate surface area is 78.4 Å². The number of nitrogen functional groups attached to an aromatic ring is 1. The monoisotopic (exact) mass is 202 g/mol. The number of carbonyl (C=O) groups is 1. The van der Waals surface area contributed by atoms with Crippen LogP contribution in [0.5, 0.6) is 0 Å². The van der Waals surface area contributed by atoms with Gasteiger partial charge in [-0.15, -0.1) is 0 Å². The number of aliphatic carboxylic acids is 1. The average molecular weight is 202 g/mol. The predicted octanol–water partition coefficient (Wildman–Crippen LogP) is 1.23. The highest BCUT2D eigenvalue weighted by atomic mass is 19.3.